The second kappa shape index (κ2) is 6.74. The molecule has 0 atom stereocenters. The van der Waals surface area contributed by atoms with Gasteiger partial charge < -0.3 is 9.32 Å². The van der Waals surface area contributed by atoms with E-state index in [2.05, 4.69) is 0 Å². The van der Waals surface area contributed by atoms with Crippen molar-refractivity contribution in [1.29, 1.82) is 0 Å². The molecule has 0 saturated heterocycles. The molecule has 24 heavy (non-hydrogen) atoms. The smallest absolute Gasteiger partial charge is 0.408 e. The number of para-hydroxylation sites is 2. The van der Waals surface area contributed by atoms with Gasteiger partial charge in [0.15, 0.2) is 5.58 Å². The van der Waals surface area contributed by atoms with Crippen LogP contribution in [0.2, 0.25) is 0 Å². The summed E-state index contributed by atoms with van der Waals surface area (Å²) < 4.78 is 6.57. The van der Waals surface area contributed by atoms with E-state index in [0.717, 1.165) is 11.1 Å². The van der Waals surface area contributed by atoms with E-state index in [1.54, 1.807) is 23.1 Å². The second-order valence-electron chi connectivity index (χ2n) is 5.76. The SMILES string of the molecule is CCN(Cc1ccccc1C)C(=O)Cn1c(=O)oc2ccccc21. The Balaban J connectivity index is 1.83. The topological polar surface area (TPSA) is 55.5 Å². The van der Waals surface area contributed by atoms with E-state index in [1.165, 1.54) is 4.57 Å². The van der Waals surface area contributed by atoms with Crippen LogP contribution < -0.4 is 5.76 Å². The standard InChI is InChI=1S/C19H20N2O3/c1-3-20(12-15-9-5-4-8-14(15)2)18(22)13-21-16-10-6-7-11-17(16)24-19(21)23/h4-11H,3,12-13H2,1-2H3. The van der Waals surface area contributed by atoms with E-state index in [1.807, 2.05) is 44.2 Å². The van der Waals surface area contributed by atoms with E-state index in [0.29, 0.717) is 24.2 Å². The fourth-order valence-electron chi connectivity index (χ4n) is 2.77. The van der Waals surface area contributed by atoms with Crippen molar-refractivity contribution in [3.8, 4) is 0 Å². The van der Waals surface area contributed by atoms with Gasteiger partial charge in [-0.25, -0.2) is 4.79 Å². The second-order valence-corrected chi connectivity index (χ2v) is 5.76. The molecule has 0 aliphatic heterocycles. The van der Waals surface area contributed by atoms with Gasteiger partial charge in [-0.2, -0.15) is 0 Å². The lowest BCUT2D eigenvalue weighted by Crippen LogP contribution is -2.35. The summed E-state index contributed by atoms with van der Waals surface area (Å²) in [6.07, 6.45) is 0. The maximum absolute atomic E-state index is 12.7. The minimum absolute atomic E-state index is 0.0183. The Morgan fingerprint density at radius 1 is 1.12 bits per heavy atom. The Morgan fingerprint density at radius 2 is 1.83 bits per heavy atom. The van der Waals surface area contributed by atoms with Crippen LogP contribution in [0, 0.1) is 6.92 Å². The number of amides is 1. The lowest BCUT2D eigenvalue weighted by molar-refractivity contribution is -0.132. The van der Waals surface area contributed by atoms with Crippen molar-refractivity contribution >= 4 is 17.0 Å². The molecule has 1 amide bonds. The largest absolute Gasteiger partial charge is 0.420 e. The summed E-state index contributed by atoms with van der Waals surface area (Å²) in [5.74, 6) is -0.606. The van der Waals surface area contributed by atoms with Gasteiger partial charge in [0.1, 0.15) is 6.54 Å². The van der Waals surface area contributed by atoms with Crippen molar-refractivity contribution in [2.75, 3.05) is 6.54 Å². The van der Waals surface area contributed by atoms with Gasteiger partial charge in [-0.05, 0) is 37.1 Å². The quantitative estimate of drug-likeness (QED) is 0.725. The molecule has 1 aromatic heterocycles. The van der Waals surface area contributed by atoms with Gasteiger partial charge in [-0.15, -0.1) is 0 Å². The maximum atomic E-state index is 12.7. The molecule has 2 aromatic carbocycles. The third kappa shape index (κ3) is 3.11. The minimum atomic E-state index is -0.503. The summed E-state index contributed by atoms with van der Waals surface area (Å²) in [5, 5.41) is 0. The van der Waals surface area contributed by atoms with Crippen LogP contribution in [-0.2, 0) is 17.9 Å². The Hall–Kier alpha value is -2.82. The van der Waals surface area contributed by atoms with Gasteiger partial charge in [0, 0.05) is 13.1 Å². The number of carbonyl (C=O) groups is 1. The molecular weight excluding hydrogens is 304 g/mol. The number of aromatic nitrogens is 1. The van der Waals surface area contributed by atoms with E-state index in [9.17, 15) is 9.59 Å². The molecule has 0 aliphatic rings. The van der Waals surface area contributed by atoms with Gasteiger partial charge in [0.2, 0.25) is 5.91 Å². The maximum Gasteiger partial charge on any atom is 0.420 e. The summed E-state index contributed by atoms with van der Waals surface area (Å²) in [6, 6.07) is 15.1. The monoisotopic (exact) mass is 324 g/mol. The number of fused-ring (bicyclic) bond motifs is 1. The Bertz CT molecular complexity index is 924. The number of hydrogen-bond acceptors (Lipinski definition) is 3. The molecule has 0 N–H and O–H groups in total. The number of oxazole rings is 1. The summed E-state index contributed by atoms with van der Waals surface area (Å²) >= 11 is 0. The molecule has 0 bridgehead atoms. The molecule has 0 unspecified atom stereocenters. The highest BCUT2D eigenvalue weighted by molar-refractivity contribution is 5.79. The van der Waals surface area contributed by atoms with Crippen LogP contribution in [0.4, 0.5) is 0 Å². The highest BCUT2D eigenvalue weighted by Gasteiger charge is 2.17. The number of likely N-dealkylation sites (N-methyl/N-ethyl adjacent to an activating group) is 1. The van der Waals surface area contributed by atoms with Crippen molar-refractivity contribution in [3.63, 3.8) is 0 Å². The molecule has 0 aliphatic carbocycles. The van der Waals surface area contributed by atoms with Crippen LogP contribution in [0.15, 0.2) is 57.7 Å². The summed E-state index contributed by atoms with van der Waals surface area (Å²) in [4.78, 5) is 26.4. The van der Waals surface area contributed by atoms with Crippen molar-refractivity contribution < 1.29 is 9.21 Å². The van der Waals surface area contributed by atoms with Gasteiger partial charge >= 0.3 is 5.76 Å². The van der Waals surface area contributed by atoms with E-state index >= 15 is 0 Å². The molecule has 3 rings (SSSR count). The first-order chi connectivity index (χ1) is 11.6. The van der Waals surface area contributed by atoms with Crippen LogP contribution in [0.3, 0.4) is 0 Å². The molecule has 0 saturated carbocycles. The lowest BCUT2D eigenvalue weighted by atomic mass is 10.1. The summed E-state index contributed by atoms with van der Waals surface area (Å²) in [5.41, 5.74) is 3.40. The molecule has 0 spiro atoms. The predicted octanol–water partition coefficient (Wildman–Crippen LogP) is 2.95. The molecular formula is C19H20N2O3. The molecule has 124 valence electrons. The van der Waals surface area contributed by atoms with Crippen molar-refractivity contribution in [1.82, 2.24) is 9.47 Å². The average molecular weight is 324 g/mol. The molecule has 0 radical (unpaired) electrons. The molecule has 0 fully saturated rings. The van der Waals surface area contributed by atoms with Crippen LogP contribution >= 0.6 is 0 Å². The van der Waals surface area contributed by atoms with Gasteiger partial charge in [-0.3, -0.25) is 9.36 Å². The highest BCUT2D eigenvalue weighted by atomic mass is 16.4. The Labute approximate surface area is 140 Å². The Kier molecular flexibility index (Phi) is 4.51. The van der Waals surface area contributed by atoms with Crippen LogP contribution in [0.25, 0.3) is 11.1 Å². The third-order valence-corrected chi connectivity index (χ3v) is 4.22. The van der Waals surface area contributed by atoms with Crippen LogP contribution in [0.5, 0.6) is 0 Å². The first-order valence-electron chi connectivity index (χ1n) is 8.00. The third-order valence-electron chi connectivity index (χ3n) is 4.22. The van der Waals surface area contributed by atoms with Crippen LogP contribution in [-0.4, -0.2) is 21.9 Å². The zero-order chi connectivity index (χ0) is 17.1. The minimum Gasteiger partial charge on any atom is -0.408 e. The summed E-state index contributed by atoms with van der Waals surface area (Å²) in [6.45, 7) is 5.06. The predicted molar refractivity (Wildman–Crippen MR) is 92.7 cm³/mol. The zero-order valence-corrected chi connectivity index (χ0v) is 13.9. The zero-order valence-electron chi connectivity index (χ0n) is 13.9. The van der Waals surface area contributed by atoms with Gasteiger partial charge in [0.05, 0.1) is 5.52 Å². The number of carbonyl (C=O) groups excluding carboxylic acids is 1. The van der Waals surface area contributed by atoms with Crippen molar-refractivity contribution in [3.05, 3.63) is 70.2 Å². The van der Waals surface area contributed by atoms with Crippen molar-refractivity contribution in [2.24, 2.45) is 0 Å². The van der Waals surface area contributed by atoms with E-state index in [-0.39, 0.29) is 12.5 Å². The number of hydrogen-bond donors (Lipinski definition) is 0. The average Bonchev–Trinajstić information content (AvgIpc) is 2.90. The number of rotatable bonds is 5. The van der Waals surface area contributed by atoms with Gasteiger partial charge in [-0.1, -0.05) is 36.4 Å². The fourth-order valence-corrected chi connectivity index (χ4v) is 2.77. The number of benzene rings is 2. The first-order valence-corrected chi connectivity index (χ1v) is 8.00. The molecule has 5 heteroatoms. The fraction of sp³-hybridized carbons (Fsp3) is 0.263. The first kappa shape index (κ1) is 16.1. The van der Waals surface area contributed by atoms with Crippen LogP contribution in [0.1, 0.15) is 18.1 Å². The summed E-state index contributed by atoms with van der Waals surface area (Å²) in [7, 11) is 0. The number of aryl methyl sites for hydroxylation is 1. The molecule has 3 aromatic rings. The lowest BCUT2D eigenvalue weighted by Gasteiger charge is -2.22. The molecule has 1 heterocycles. The molecule has 5 nitrogen and oxygen atoms in total. The highest BCUT2D eigenvalue weighted by Crippen LogP contribution is 2.14. The van der Waals surface area contributed by atoms with Crippen molar-refractivity contribution in [2.45, 2.75) is 26.9 Å². The van der Waals surface area contributed by atoms with E-state index in [4.69, 9.17) is 4.42 Å². The normalized spacial score (nSPS) is 10.9. The van der Waals surface area contributed by atoms with E-state index < -0.39 is 5.76 Å². The van der Waals surface area contributed by atoms with Gasteiger partial charge in [0.25, 0.3) is 0 Å². The Morgan fingerprint density at radius 3 is 2.58 bits per heavy atom. The number of nitrogens with zero attached hydrogens (tertiary/aromatic N) is 2.